The zero-order chi connectivity index (χ0) is 18.2. The number of halogens is 1. The largest absolute Gasteiger partial charge is 0.456 e. The molecule has 5 saturated carbocycles. The number of hydrogen-bond donors (Lipinski definition) is 1. The predicted molar refractivity (Wildman–Crippen MR) is 104 cm³/mol. The third kappa shape index (κ3) is 4.28. The lowest BCUT2D eigenvalue weighted by atomic mass is 9.49. The Morgan fingerprint density at radius 1 is 1.00 bits per heavy atom. The first-order valence-electron chi connectivity index (χ1n) is 10.6. The summed E-state index contributed by atoms with van der Waals surface area (Å²) >= 11 is 3.99. The summed E-state index contributed by atoms with van der Waals surface area (Å²) in [5.74, 6) is 1.22. The molecular weight excluding hydrogens is 394 g/mol. The molecule has 5 fully saturated rings. The van der Waals surface area contributed by atoms with Crippen molar-refractivity contribution in [3.63, 3.8) is 0 Å². The Kier molecular flexibility index (Phi) is 5.37. The molecule has 0 radical (unpaired) electrons. The van der Waals surface area contributed by atoms with Crippen LogP contribution in [0.15, 0.2) is 0 Å². The summed E-state index contributed by atoms with van der Waals surface area (Å²) in [4.78, 5) is 24.6. The topological polar surface area (TPSA) is 55.4 Å². The Morgan fingerprint density at radius 2 is 1.65 bits per heavy atom. The maximum Gasteiger partial charge on any atom is 0.306 e. The van der Waals surface area contributed by atoms with E-state index >= 15 is 0 Å². The number of carbonyl (C=O) groups is 2. The molecule has 26 heavy (non-hydrogen) atoms. The summed E-state index contributed by atoms with van der Waals surface area (Å²) < 4.78 is 5.64. The first-order chi connectivity index (χ1) is 12.4. The van der Waals surface area contributed by atoms with Crippen molar-refractivity contribution in [1.29, 1.82) is 0 Å². The van der Waals surface area contributed by atoms with Gasteiger partial charge in [-0.2, -0.15) is 0 Å². The Morgan fingerprint density at radius 3 is 2.27 bits per heavy atom. The molecule has 4 bridgehead atoms. The van der Waals surface area contributed by atoms with Crippen LogP contribution >= 0.6 is 15.9 Å². The third-order valence-corrected chi connectivity index (χ3v) is 8.14. The summed E-state index contributed by atoms with van der Waals surface area (Å²) in [7, 11) is 0. The van der Waals surface area contributed by atoms with E-state index in [4.69, 9.17) is 4.74 Å². The number of hydrogen-bond acceptors (Lipinski definition) is 3. The van der Waals surface area contributed by atoms with Crippen LogP contribution in [0.2, 0.25) is 0 Å². The maximum atomic E-state index is 12.5. The summed E-state index contributed by atoms with van der Waals surface area (Å²) in [5, 5.41) is 3.06. The van der Waals surface area contributed by atoms with Crippen LogP contribution in [0.4, 0.5) is 0 Å². The number of carbonyl (C=O) groups excluding carboxylic acids is 2. The normalized spacial score (nSPS) is 39.4. The van der Waals surface area contributed by atoms with Crippen LogP contribution in [0.1, 0.15) is 83.5 Å². The van der Waals surface area contributed by atoms with Gasteiger partial charge in [-0.25, -0.2) is 0 Å². The second kappa shape index (κ2) is 7.44. The second-order valence-corrected chi connectivity index (χ2v) is 11.4. The van der Waals surface area contributed by atoms with Crippen LogP contribution in [0, 0.1) is 17.3 Å². The van der Waals surface area contributed by atoms with Gasteiger partial charge in [0, 0.05) is 10.4 Å². The van der Waals surface area contributed by atoms with Crippen LogP contribution in [0.25, 0.3) is 0 Å². The first kappa shape index (κ1) is 18.8. The van der Waals surface area contributed by atoms with E-state index in [2.05, 4.69) is 21.2 Å². The van der Waals surface area contributed by atoms with Crippen molar-refractivity contribution in [2.45, 2.75) is 93.8 Å². The highest BCUT2D eigenvalue weighted by atomic mass is 79.9. The number of amides is 1. The van der Waals surface area contributed by atoms with Crippen molar-refractivity contribution < 1.29 is 14.3 Å². The average Bonchev–Trinajstić information content (AvgIpc) is 2.78. The van der Waals surface area contributed by atoms with Gasteiger partial charge in [0.15, 0.2) is 6.61 Å². The number of alkyl halides is 1. The standard InChI is InChI=1S/C21H32BrNO3/c22-21-10-15-7-16(11-21)9-20(8-15,14-21)12-19(25)26-13-18(24)23-17-5-3-1-2-4-6-17/h15-17H,1-14H2,(H,23,24)/t15-,16-,20?,21?/m0/s1. The summed E-state index contributed by atoms with van der Waals surface area (Å²) in [5.41, 5.74) is 0.114. The van der Waals surface area contributed by atoms with Gasteiger partial charge >= 0.3 is 5.97 Å². The monoisotopic (exact) mass is 425 g/mol. The van der Waals surface area contributed by atoms with Crippen molar-refractivity contribution in [3.05, 3.63) is 0 Å². The molecule has 0 spiro atoms. The van der Waals surface area contributed by atoms with Gasteiger partial charge in [-0.1, -0.05) is 41.6 Å². The fourth-order valence-electron chi connectivity index (χ4n) is 6.74. The van der Waals surface area contributed by atoms with E-state index in [1.807, 2.05) is 0 Å². The van der Waals surface area contributed by atoms with E-state index in [1.165, 1.54) is 57.8 Å². The number of nitrogens with one attached hydrogen (secondary N) is 1. The molecule has 5 heteroatoms. The van der Waals surface area contributed by atoms with Gasteiger partial charge in [-0.05, 0) is 68.6 Å². The molecule has 5 aliphatic rings. The van der Waals surface area contributed by atoms with E-state index in [-0.39, 0.29) is 34.3 Å². The molecule has 5 rings (SSSR count). The lowest BCUT2D eigenvalue weighted by molar-refractivity contribution is -0.154. The highest BCUT2D eigenvalue weighted by Gasteiger charge is 2.57. The molecular formula is C21H32BrNO3. The highest BCUT2D eigenvalue weighted by Crippen LogP contribution is 2.65. The Balaban J connectivity index is 1.25. The SMILES string of the molecule is O=C(COC(=O)CC12C[C@@H]3C[C@H](CC(Br)(C3)C1)C2)NC1CCCCCC1. The fraction of sp³-hybridized carbons (Fsp3) is 0.905. The van der Waals surface area contributed by atoms with E-state index in [0.29, 0.717) is 6.42 Å². The quantitative estimate of drug-likeness (QED) is 0.400. The smallest absolute Gasteiger partial charge is 0.306 e. The molecule has 0 unspecified atom stereocenters. The third-order valence-electron chi connectivity index (χ3n) is 7.21. The number of esters is 1. The summed E-state index contributed by atoms with van der Waals surface area (Å²) in [6.45, 7) is -0.113. The zero-order valence-corrected chi connectivity index (χ0v) is 17.3. The highest BCUT2D eigenvalue weighted by molar-refractivity contribution is 9.10. The molecule has 0 aromatic rings. The molecule has 1 N–H and O–H groups in total. The average molecular weight is 426 g/mol. The molecule has 2 atom stereocenters. The number of rotatable bonds is 5. The van der Waals surface area contributed by atoms with Gasteiger partial charge < -0.3 is 10.1 Å². The van der Waals surface area contributed by atoms with Crippen molar-refractivity contribution in [1.82, 2.24) is 5.32 Å². The Labute approximate surface area is 165 Å². The van der Waals surface area contributed by atoms with Crippen LogP contribution in [0.3, 0.4) is 0 Å². The van der Waals surface area contributed by atoms with Gasteiger partial charge in [0.1, 0.15) is 0 Å². The minimum absolute atomic E-state index is 0.113. The fourth-order valence-corrected chi connectivity index (χ4v) is 8.25. The molecule has 5 aliphatic carbocycles. The predicted octanol–water partition coefficient (Wildman–Crippen LogP) is 4.49. The van der Waals surface area contributed by atoms with Crippen molar-refractivity contribution >= 4 is 27.8 Å². The molecule has 0 heterocycles. The molecule has 0 saturated heterocycles. The van der Waals surface area contributed by atoms with E-state index in [0.717, 1.165) is 31.1 Å². The summed E-state index contributed by atoms with van der Waals surface area (Å²) in [6, 6.07) is 0.264. The van der Waals surface area contributed by atoms with Gasteiger partial charge in [-0.3, -0.25) is 9.59 Å². The minimum atomic E-state index is -0.181. The molecule has 146 valence electrons. The minimum Gasteiger partial charge on any atom is -0.456 e. The lowest BCUT2D eigenvalue weighted by Crippen LogP contribution is -2.53. The van der Waals surface area contributed by atoms with Gasteiger partial charge in [0.25, 0.3) is 5.91 Å². The molecule has 0 aromatic heterocycles. The van der Waals surface area contributed by atoms with Crippen molar-refractivity contribution in [2.24, 2.45) is 17.3 Å². The molecule has 0 aromatic carbocycles. The van der Waals surface area contributed by atoms with Crippen molar-refractivity contribution in [2.75, 3.05) is 6.61 Å². The molecule has 4 nitrogen and oxygen atoms in total. The van der Waals surface area contributed by atoms with Crippen LogP contribution in [-0.4, -0.2) is 28.8 Å². The molecule has 1 amide bonds. The second-order valence-electron chi connectivity index (χ2n) is 9.71. The van der Waals surface area contributed by atoms with E-state index < -0.39 is 0 Å². The maximum absolute atomic E-state index is 12.5. The summed E-state index contributed by atoms with van der Waals surface area (Å²) in [6.07, 6.45) is 14.8. The Hall–Kier alpha value is -0.580. The van der Waals surface area contributed by atoms with Gasteiger partial charge in [0.2, 0.25) is 0 Å². The van der Waals surface area contributed by atoms with Gasteiger partial charge in [0.05, 0.1) is 6.42 Å². The Bertz CT molecular complexity index is 541. The van der Waals surface area contributed by atoms with E-state index in [1.54, 1.807) is 0 Å². The van der Waals surface area contributed by atoms with Crippen LogP contribution in [-0.2, 0) is 14.3 Å². The van der Waals surface area contributed by atoms with Crippen LogP contribution < -0.4 is 5.32 Å². The first-order valence-corrected chi connectivity index (χ1v) is 11.4. The van der Waals surface area contributed by atoms with Gasteiger partial charge in [-0.15, -0.1) is 0 Å². The van der Waals surface area contributed by atoms with E-state index in [9.17, 15) is 9.59 Å². The van der Waals surface area contributed by atoms with Crippen LogP contribution in [0.5, 0.6) is 0 Å². The molecule has 0 aliphatic heterocycles. The zero-order valence-electron chi connectivity index (χ0n) is 15.7. The number of ether oxygens (including phenoxy) is 1. The lowest BCUT2D eigenvalue weighted by Gasteiger charge is -2.60. The van der Waals surface area contributed by atoms with Crippen molar-refractivity contribution in [3.8, 4) is 0 Å².